The van der Waals surface area contributed by atoms with Crippen LogP contribution in [0, 0.1) is 0 Å². The Morgan fingerprint density at radius 3 is 2.70 bits per heavy atom. The van der Waals surface area contributed by atoms with E-state index in [1.807, 2.05) is 43.0 Å². The topological polar surface area (TPSA) is 71.1 Å². The van der Waals surface area contributed by atoms with Gasteiger partial charge in [0.1, 0.15) is 13.2 Å². The highest BCUT2D eigenvalue weighted by Crippen LogP contribution is 2.35. The fraction of sp³-hybridized carbons (Fsp3) is 0.357. The molecule has 4 rings (SSSR count). The van der Waals surface area contributed by atoms with Crippen molar-refractivity contribution < 1.29 is 19.1 Å². The van der Waals surface area contributed by atoms with Gasteiger partial charge >= 0.3 is 6.03 Å². The number of thiophene rings is 1. The van der Waals surface area contributed by atoms with Gasteiger partial charge in [-0.25, -0.2) is 4.79 Å². The van der Waals surface area contributed by atoms with Crippen molar-refractivity contribution in [2.45, 2.75) is 38.8 Å². The first-order valence-corrected chi connectivity index (χ1v) is 13.6. The number of halogens is 1. The number of anilines is 1. The van der Waals surface area contributed by atoms with Crippen molar-refractivity contribution in [2.24, 2.45) is 0 Å². The maximum absolute atomic E-state index is 13.7. The monoisotopic (exact) mass is 541 g/mol. The van der Waals surface area contributed by atoms with Gasteiger partial charge in [0.2, 0.25) is 5.91 Å². The van der Waals surface area contributed by atoms with Gasteiger partial charge in [0.15, 0.2) is 11.5 Å². The SMILES string of the molecule is CC[C@H](C)N(CC(=O)N1CCc2sccc2[C@@H]1COc1ccccc1OC)C(=O)Nc1cccc(Cl)c1. The van der Waals surface area contributed by atoms with E-state index in [4.69, 9.17) is 21.1 Å². The molecule has 0 saturated heterocycles. The molecule has 3 amide bonds. The average Bonchev–Trinajstić information content (AvgIpc) is 3.39. The normalized spacial score (nSPS) is 15.5. The number of hydrogen-bond acceptors (Lipinski definition) is 5. The molecule has 2 aromatic carbocycles. The maximum atomic E-state index is 13.7. The lowest BCUT2D eigenvalue weighted by Gasteiger charge is -2.38. The van der Waals surface area contributed by atoms with Gasteiger partial charge in [0.25, 0.3) is 0 Å². The van der Waals surface area contributed by atoms with Crippen molar-refractivity contribution >= 4 is 40.6 Å². The second-order valence-corrected chi connectivity index (χ2v) is 10.4. The Morgan fingerprint density at radius 1 is 1.19 bits per heavy atom. The molecule has 0 aliphatic carbocycles. The molecule has 0 spiro atoms. The highest BCUT2D eigenvalue weighted by Gasteiger charge is 2.34. The van der Waals surface area contributed by atoms with Crippen LogP contribution in [0.3, 0.4) is 0 Å². The molecule has 0 fully saturated rings. The van der Waals surface area contributed by atoms with Gasteiger partial charge in [-0.3, -0.25) is 4.79 Å². The largest absolute Gasteiger partial charge is 0.493 e. The van der Waals surface area contributed by atoms with Crippen molar-refractivity contribution in [3.05, 3.63) is 75.4 Å². The molecule has 1 aromatic heterocycles. The Morgan fingerprint density at radius 2 is 1.97 bits per heavy atom. The fourth-order valence-electron chi connectivity index (χ4n) is 4.43. The van der Waals surface area contributed by atoms with Crippen LogP contribution < -0.4 is 14.8 Å². The number of hydrogen-bond donors (Lipinski definition) is 1. The number of carbonyl (C=O) groups is 2. The molecule has 0 unspecified atom stereocenters. The smallest absolute Gasteiger partial charge is 0.322 e. The number of urea groups is 1. The molecule has 7 nitrogen and oxygen atoms in total. The number of fused-ring (bicyclic) bond motifs is 1. The summed E-state index contributed by atoms with van der Waals surface area (Å²) in [6.07, 6.45) is 1.49. The number of para-hydroxylation sites is 2. The maximum Gasteiger partial charge on any atom is 0.322 e. The molecule has 1 aliphatic rings. The highest BCUT2D eigenvalue weighted by atomic mass is 35.5. The lowest BCUT2D eigenvalue weighted by molar-refractivity contribution is -0.135. The molecule has 0 bridgehead atoms. The van der Waals surface area contributed by atoms with Crippen LogP contribution in [0.4, 0.5) is 10.5 Å². The number of ether oxygens (including phenoxy) is 2. The predicted octanol–water partition coefficient (Wildman–Crippen LogP) is 6.25. The van der Waals surface area contributed by atoms with Gasteiger partial charge in [-0.05, 0) is 67.1 Å². The summed E-state index contributed by atoms with van der Waals surface area (Å²) in [4.78, 5) is 31.6. The van der Waals surface area contributed by atoms with E-state index >= 15 is 0 Å². The third kappa shape index (κ3) is 6.37. The van der Waals surface area contributed by atoms with E-state index in [2.05, 4.69) is 16.8 Å². The van der Waals surface area contributed by atoms with Crippen molar-refractivity contribution in [1.82, 2.24) is 9.80 Å². The van der Waals surface area contributed by atoms with Gasteiger partial charge in [-0.1, -0.05) is 36.7 Å². The number of nitrogens with zero attached hydrogens (tertiary/aromatic N) is 2. The number of nitrogens with one attached hydrogen (secondary N) is 1. The Kier molecular flexibility index (Phi) is 8.95. The lowest BCUT2D eigenvalue weighted by Crippen LogP contribution is -2.50. The summed E-state index contributed by atoms with van der Waals surface area (Å²) in [5.74, 6) is 1.15. The molecular weight excluding hydrogens is 510 g/mol. The van der Waals surface area contributed by atoms with Crippen LogP contribution in [-0.2, 0) is 11.2 Å². The Hall–Kier alpha value is -3.23. The van der Waals surface area contributed by atoms with Gasteiger partial charge in [0.05, 0.1) is 13.2 Å². The van der Waals surface area contributed by atoms with E-state index in [0.717, 1.165) is 12.0 Å². The van der Waals surface area contributed by atoms with Gasteiger partial charge in [-0.15, -0.1) is 11.3 Å². The Labute approximate surface area is 226 Å². The third-order valence-electron chi connectivity index (χ3n) is 6.65. The predicted molar refractivity (Wildman–Crippen MR) is 148 cm³/mol. The number of amides is 3. The molecule has 1 aliphatic heterocycles. The van der Waals surface area contributed by atoms with Gasteiger partial charge in [-0.2, -0.15) is 0 Å². The molecule has 9 heteroatoms. The summed E-state index contributed by atoms with van der Waals surface area (Å²) in [6, 6.07) is 15.8. The molecular formula is C28H32ClN3O4S. The van der Waals surface area contributed by atoms with E-state index < -0.39 is 0 Å². The zero-order valence-electron chi connectivity index (χ0n) is 21.3. The minimum absolute atomic E-state index is 0.0357. The molecule has 2 atom stereocenters. The molecule has 0 saturated carbocycles. The van der Waals surface area contributed by atoms with Crippen LogP contribution in [-0.4, -0.2) is 54.6 Å². The van der Waals surface area contributed by atoms with E-state index in [1.165, 1.54) is 4.88 Å². The second kappa shape index (κ2) is 12.3. The van der Waals surface area contributed by atoms with Crippen molar-refractivity contribution in [3.63, 3.8) is 0 Å². The van der Waals surface area contributed by atoms with E-state index in [9.17, 15) is 9.59 Å². The molecule has 0 radical (unpaired) electrons. The molecule has 2 heterocycles. The number of benzene rings is 2. The highest BCUT2D eigenvalue weighted by molar-refractivity contribution is 7.10. The standard InChI is InChI=1S/C28H32ClN3O4S/c1-4-19(2)32(28(34)30-21-9-7-8-20(29)16-21)17-27(33)31-14-12-26-22(13-15-37-26)23(31)18-36-25-11-6-5-10-24(25)35-3/h5-11,13,15-16,19,23H,4,12,14,17-18H2,1-3H3,(H,30,34)/t19-,23-/m0/s1. The van der Waals surface area contributed by atoms with Crippen molar-refractivity contribution in [3.8, 4) is 11.5 Å². The van der Waals surface area contributed by atoms with Crippen LogP contribution in [0.15, 0.2) is 60.0 Å². The van der Waals surface area contributed by atoms with Crippen LogP contribution in [0.2, 0.25) is 5.02 Å². The van der Waals surface area contributed by atoms with Crippen LogP contribution in [0.25, 0.3) is 0 Å². The van der Waals surface area contributed by atoms with E-state index in [0.29, 0.717) is 35.2 Å². The minimum atomic E-state index is -0.333. The lowest BCUT2D eigenvalue weighted by atomic mass is 10.00. The number of carbonyl (C=O) groups excluding carboxylic acids is 2. The number of rotatable bonds is 9. The van der Waals surface area contributed by atoms with Crippen molar-refractivity contribution in [1.29, 1.82) is 0 Å². The summed E-state index contributed by atoms with van der Waals surface area (Å²) in [5.41, 5.74) is 1.68. The summed E-state index contributed by atoms with van der Waals surface area (Å²) in [5, 5.41) is 5.47. The quantitative estimate of drug-likeness (QED) is 0.348. The summed E-state index contributed by atoms with van der Waals surface area (Å²) >= 11 is 7.78. The second-order valence-electron chi connectivity index (χ2n) is 8.94. The Balaban J connectivity index is 1.52. The molecule has 37 heavy (non-hydrogen) atoms. The fourth-order valence-corrected chi connectivity index (χ4v) is 5.55. The molecule has 196 valence electrons. The van der Waals surface area contributed by atoms with Crippen LogP contribution >= 0.6 is 22.9 Å². The summed E-state index contributed by atoms with van der Waals surface area (Å²) in [7, 11) is 1.60. The third-order valence-corrected chi connectivity index (χ3v) is 7.88. The zero-order chi connectivity index (χ0) is 26.4. The summed E-state index contributed by atoms with van der Waals surface area (Å²) in [6.45, 7) is 4.76. The first-order chi connectivity index (χ1) is 17.9. The molecule has 3 aromatic rings. The average molecular weight is 542 g/mol. The Bertz CT molecular complexity index is 1230. The minimum Gasteiger partial charge on any atom is -0.493 e. The van der Waals surface area contributed by atoms with Crippen LogP contribution in [0.1, 0.15) is 36.8 Å². The van der Waals surface area contributed by atoms with Crippen molar-refractivity contribution in [2.75, 3.05) is 32.1 Å². The number of methoxy groups -OCH3 is 1. The van der Waals surface area contributed by atoms with E-state index in [-0.39, 0.29) is 37.2 Å². The summed E-state index contributed by atoms with van der Waals surface area (Å²) < 4.78 is 11.6. The van der Waals surface area contributed by atoms with Gasteiger partial charge in [0, 0.05) is 28.2 Å². The van der Waals surface area contributed by atoms with Crippen LogP contribution in [0.5, 0.6) is 11.5 Å². The van der Waals surface area contributed by atoms with Gasteiger partial charge < -0.3 is 24.6 Å². The molecule has 1 N–H and O–H groups in total. The zero-order valence-corrected chi connectivity index (χ0v) is 22.8. The first kappa shape index (κ1) is 26.8. The first-order valence-electron chi connectivity index (χ1n) is 12.4. The van der Waals surface area contributed by atoms with E-state index in [1.54, 1.807) is 47.6 Å².